The summed E-state index contributed by atoms with van der Waals surface area (Å²) in [5, 5.41) is 1.14. The van der Waals surface area contributed by atoms with Crippen LogP contribution in [-0.2, 0) is 0 Å². The fraction of sp³-hybridized carbons (Fsp3) is 0.176. The number of likely N-dealkylation sites (N-methyl/N-ethyl adjacent to an activating group) is 1. The molecule has 104 valence electrons. The largest absolute Gasteiger partial charge is 0.488 e. The summed E-state index contributed by atoms with van der Waals surface area (Å²) in [4.78, 5) is 11.3. The fourth-order valence-electron chi connectivity index (χ4n) is 2.60. The zero-order valence-corrected chi connectivity index (χ0v) is 11.8. The van der Waals surface area contributed by atoms with Crippen LogP contribution in [0.1, 0.15) is 0 Å². The first-order valence-corrected chi connectivity index (χ1v) is 7.01. The summed E-state index contributed by atoms with van der Waals surface area (Å²) < 4.78 is 5.71. The highest BCUT2D eigenvalue weighted by Crippen LogP contribution is 2.32. The highest BCUT2D eigenvalue weighted by atomic mass is 16.5. The number of anilines is 1. The Morgan fingerprint density at radius 2 is 2.05 bits per heavy atom. The van der Waals surface area contributed by atoms with Gasteiger partial charge in [-0.3, -0.25) is 0 Å². The number of hydrogen-bond donors (Lipinski definition) is 0. The lowest BCUT2D eigenvalue weighted by molar-refractivity contribution is 0.309. The molecular weight excluding hydrogens is 262 g/mol. The third kappa shape index (κ3) is 2.09. The van der Waals surface area contributed by atoms with Crippen LogP contribution in [-0.4, -0.2) is 30.2 Å². The van der Waals surface area contributed by atoms with Crippen molar-refractivity contribution in [3.05, 3.63) is 48.7 Å². The van der Waals surface area contributed by atoms with Crippen molar-refractivity contribution in [2.24, 2.45) is 0 Å². The number of para-hydroxylation sites is 1. The monoisotopic (exact) mass is 277 g/mol. The number of rotatable bonds is 1. The van der Waals surface area contributed by atoms with E-state index in [4.69, 9.17) is 9.72 Å². The predicted molar refractivity (Wildman–Crippen MR) is 83.7 cm³/mol. The van der Waals surface area contributed by atoms with Crippen molar-refractivity contribution in [3.63, 3.8) is 0 Å². The van der Waals surface area contributed by atoms with Gasteiger partial charge in [0.2, 0.25) is 0 Å². The first-order valence-electron chi connectivity index (χ1n) is 7.01. The highest BCUT2D eigenvalue weighted by molar-refractivity contribution is 5.81. The van der Waals surface area contributed by atoms with Crippen molar-refractivity contribution in [2.45, 2.75) is 0 Å². The van der Waals surface area contributed by atoms with E-state index < -0.39 is 0 Å². The Balaban J connectivity index is 1.81. The molecule has 1 aliphatic rings. The standard InChI is InChI=1S/C17H15N3O/c1-20-8-9-21-16-10-13(11-18-17(16)20)15-7-6-12-4-2-3-5-14(12)19-15/h2-7,10-11H,8-9H2,1H3. The topological polar surface area (TPSA) is 38.2 Å². The number of aromatic nitrogens is 2. The second-order valence-electron chi connectivity index (χ2n) is 5.20. The molecule has 0 N–H and O–H groups in total. The molecule has 0 atom stereocenters. The lowest BCUT2D eigenvalue weighted by Gasteiger charge is -2.26. The Hall–Kier alpha value is -2.62. The molecule has 4 nitrogen and oxygen atoms in total. The third-order valence-electron chi connectivity index (χ3n) is 3.77. The maximum atomic E-state index is 5.71. The van der Waals surface area contributed by atoms with E-state index in [9.17, 15) is 0 Å². The number of pyridine rings is 2. The predicted octanol–water partition coefficient (Wildman–Crippen LogP) is 3.13. The van der Waals surface area contributed by atoms with Crippen molar-refractivity contribution in [3.8, 4) is 17.0 Å². The molecule has 0 spiro atoms. The smallest absolute Gasteiger partial charge is 0.171 e. The number of benzene rings is 1. The van der Waals surface area contributed by atoms with Crippen LogP contribution in [0.3, 0.4) is 0 Å². The number of nitrogens with zero attached hydrogens (tertiary/aromatic N) is 3. The molecule has 3 heterocycles. The number of ether oxygens (including phenoxy) is 1. The van der Waals surface area contributed by atoms with Gasteiger partial charge in [-0.1, -0.05) is 24.3 Å². The minimum Gasteiger partial charge on any atom is -0.488 e. The van der Waals surface area contributed by atoms with Crippen LogP contribution in [0.5, 0.6) is 5.75 Å². The molecule has 0 radical (unpaired) electrons. The van der Waals surface area contributed by atoms with Gasteiger partial charge in [-0.15, -0.1) is 0 Å². The molecule has 4 rings (SSSR count). The lowest BCUT2D eigenvalue weighted by atomic mass is 10.1. The van der Waals surface area contributed by atoms with Gasteiger partial charge in [0.25, 0.3) is 0 Å². The van der Waals surface area contributed by atoms with Gasteiger partial charge in [-0.05, 0) is 18.2 Å². The lowest BCUT2D eigenvalue weighted by Crippen LogP contribution is -2.29. The normalized spacial score (nSPS) is 13.9. The minimum absolute atomic E-state index is 0.694. The van der Waals surface area contributed by atoms with E-state index in [-0.39, 0.29) is 0 Å². The molecule has 0 saturated carbocycles. The molecule has 1 aromatic carbocycles. The van der Waals surface area contributed by atoms with E-state index in [1.807, 2.05) is 43.6 Å². The van der Waals surface area contributed by atoms with Gasteiger partial charge < -0.3 is 9.64 Å². The summed E-state index contributed by atoms with van der Waals surface area (Å²) in [6.07, 6.45) is 1.86. The second kappa shape index (κ2) is 4.74. The Morgan fingerprint density at radius 1 is 1.14 bits per heavy atom. The van der Waals surface area contributed by atoms with E-state index in [1.54, 1.807) is 0 Å². The summed E-state index contributed by atoms with van der Waals surface area (Å²) in [5.41, 5.74) is 2.89. The number of fused-ring (bicyclic) bond motifs is 2. The van der Waals surface area contributed by atoms with Gasteiger partial charge in [-0.25, -0.2) is 9.97 Å². The summed E-state index contributed by atoms with van der Waals surface area (Å²) in [7, 11) is 2.03. The first-order chi connectivity index (χ1) is 10.3. The van der Waals surface area contributed by atoms with Crippen molar-refractivity contribution in [1.82, 2.24) is 9.97 Å². The Labute approximate surface area is 123 Å². The zero-order valence-electron chi connectivity index (χ0n) is 11.8. The van der Waals surface area contributed by atoms with E-state index >= 15 is 0 Å². The van der Waals surface area contributed by atoms with Crippen LogP contribution in [0.15, 0.2) is 48.7 Å². The van der Waals surface area contributed by atoms with Gasteiger partial charge >= 0.3 is 0 Å². The maximum absolute atomic E-state index is 5.71. The molecule has 1 aliphatic heterocycles. The van der Waals surface area contributed by atoms with E-state index in [2.05, 4.69) is 22.0 Å². The summed E-state index contributed by atoms with van der Waals surface area (Å²) in [6, 6.07) is 14.2. The molecule has 4 heteroatoms. The van der Waals surface area contributed by atoms with Crippen molar-refractivity contribution in [2.75, 3.05) is 25.1 Å². The van der Waals surface area contributed by atoms with Crippen LogP contribution >= 0.6 is 0 Å². The van der Waals surface area contributed by atoms with Gasteiger partial charge in [0, 0.05) is 24.2 Å². The minimum atomic E-state index is 0.694. The van der Waals surface area contributed by atoms with Crippen molar-refractivity contribution < 1.29 is 4.74 Å². The summed E-state index contributed by atoms with van der Waals surface area (Å²) in [6.45, 7) is 1.56. The zero-order chi connectivity index (χ0) is 14.2. The molecule has 21 heavy (non-hydrogen) atoms. The van der Waals surface area contributed by atoms with E-state index in [0.717, 1.165) is 40.3 Å². The molecule has 0 unspecified atom stereocenters. The molecule has 0 amide bonds. The van der Waals surface area contributed by atoms with Crippen LogP contribution < -0.4 is 9.64 Å². The quantitative estimate of drug-likeness (QED) is 0.685. The molecule has 3 aromatic rings. The summed E-state index contributed by atoms with van der Waals surface area (Å²) in [5.74, 6) is 1.72. The highest BCUT2D eigenvalue weighted by Gasteiger charge is 2.17. The summed E-state index contributed by atoms with van der Waals surface area (Å²) >= 11 is 0. The first kappa shape index (κ1) is 12.1. The molecular formula is C17H15N3O. The Morgan fingerprint density at radius 3 is 3.00 bits per heavy atom. The number of hydrogen-bond acceptors (Lipinski definition) is 4. The molecule has 0 fully saturated rings. The van der Waals surface area contributed by atoms with Gasteiger partial charge in [0.1, 0.15) is 6.61 Å². The van der Waals surface area contributed by atoms with Crippen molar-refractivity contribution in [1.29, 1.82) is 0 Å². The van der Waals surface area contributed by atoms with Gasteiger partial charge in [0.15, 0.2) is 11.6 Å². The molecule has 2 aromatic heterocycles. The fourth-order valence-corrected chi connectivity index (χ4v) is 2.60. The van der Waals surface area contributed by atoms with Gasteiger partial charge in [0.05, 0.1) is 17.8 Å². The Kier molecular flexibility index (Phi) is 2.74. The second-order valence-corrected chi connectivity index (χ2v) is 5.20. The molecule has 0 saturated heterocycles. The Bertz CT molecular complexity index is 816. The average molecular weight is 277 g/mol. The van der Waals surface area contributed by atoms with Crippen molar-refractivity contribution >= 4 is 16.7 Å². The van der Waals surface area contributed by atoms with Crippen LogP contribution in [0, 0.1) is 0 Å². The SMILES string of the molecule is CN1CCOc2cc(-c3ccc4ccccc4n3)cnc21. The van der Waals surface area contributed by atoms with E-state index in [0.29, 0.717) is 6.61 Å². The van der Waals surface area contributed by atoms with Crippen LogP contribution in [0.25, 0.3) is 22.2 Å². The van der Waals surface area contributed by atoms with E-state index in [1.165, 1.54) is 0 Å². The molecule has 0 aliphatic carbocycles. The molecule has 0 bridgehead atoms. The average Bonchev–Trinajstić information content (AvgIpc) is 2.54. The third-order valence-corrected chi connectivity index (χ3v) is 3.77. The van der Waals surface area contributed by atoms with Crippen LogP contribution in [0.2, 0.25) is 0 Å². The van der Waals surface area contributed by atoms with Crippen LogP contribution in [0.4, 0.5) is 5.82 Å². The maximum Gasteiger partial charge on any atom is 0.171 e. The van der Waals surface area contributed by atoms with Gasteiger partial charge in [-0.2, -0.15) is 0 Å².